The van der Waals surface area contributed by atoms with E-state index in [1.165, 1.54) is 22.9 Å². The van der Waals surface area contributed by atoms with Crippen molar-refractivity contribution in [1.82, 2.24) is 9.88 Å². The first-order valence-corrected chi connectivity index (χ1v) is 5.29. The number of carbonyl (C=O) groups excluding carboxylic acids is 1. The number of hydrogen-bond donors (Lipinski definition) is 2. The van der Waals surface area contributed by atoms with Gasteiger partial charge in [0.15, 0.2) is 0 Å². The summed E-state index contributed by atoms with van der Waals surface area (Å²) in [6.07, 6.45) is 2.43. The van der Waals surface area contributed by atoms with Crippen molar-refractivity contribution in [3.8, 4) is 0 Å². The van der Waals surface area contributed by atoms with Crippen LogP contribution in [0.5, 0.6) is 0 Å². The first-order chi connectivity index (χ1) is 8.06. The topological polar surface area (TPSA) is 88.4 Å². The summed E-state index contributed by atoms with van der Waals surface area (Å²) in [6.45, 7) is 0.311. The maximum Gasteiger partial charge on any atom is 0.337 e. The molecule has 6 nitrogen and oxygen atoms in total. The highest BCUT2D eigenvalue weighted by molar-refractivity contribution is 5.87. The van der Waals surface area contributed by atoms with Crippen LogP contribution in [0.25, 0.3) is 0 Å². The lowest BCUT2D eigenvalue weighted by molar-refractivity contribution is -0.119. The number of aromatic carboxylic acids is 1. The Morgan fingerprint density at radius 1 is 1.47 bits per heavy atom. The van der Waals surface area contributed by atoms with Gasteiger partial charge < -0.3 is 15.0 Å². The number of carbonyl (C=O) groups is 2. The van der Waals surface area contributed by atoms with E-state index in [4.69, 9.17) is 5.11 Å². The minimum absolute atomic E-state index is 0.0301. The molecule has 1 fully saturated rings. The molecule has 90 valence electrons. The highest BCUT2D eigenvalue weighted by atomic mass is 16.4. The summed E-state index contributed by atoms with van der Waals surface area (Å²) < 4.78 is 1.32. The largest absolute Gasteiger partial charge is 0.478 e. The lowest BCUT2D eigenvalue weighted by Gasteiger charge is -2.12. The monoisotopic (exact) mass is 236 g/mol. The molecule has 1 aliphatic heterocycles. The summed E-state index contributed by atoms with van der Waals surface area (Å²) in [5.74, 6) is -1.10. The number of carboxylic acids is 1. The van der Waals surface area contributed by atoms with Gasteiger partial charge in [0, 0.05) is 31.3 Å². The molecule has 2 N–H and O–H groups in total. The molecule has 1 amide bonds. The van der Waals surface area contributed by atoms with Gasteiger partial charge in [0.1, 0.15) is 0 Å². The van der Waals surface area contributed by atoms with Crippen LogP contribution in [0, 0.1) is 0 Å². The number of amides is 1. The van der Waals surface area contributed by atoms with Crippen LogP contribution in [0.1, 0.15) is 23.2 Å². The summed E-state index contributed by atoms with van der Waals surface area (Å²) in [4.78, 5) is 33.3. The van der Waals surface area contributed by atoms with Crippen molar-refractivity contribution in [2.45, 2.75) is 25.4 Å². The molecule has 17 heavy (non-hydrogen) atoms. The van der Waals surface area contributed by atoms with Crippen molar-refractivity contribution < 1.29 is 14.7 Å². The van der Waals surface area contributed by atoms with Gasteiger partial charge in [-0.25, -0.2) is 4.79 Å². The van der Waals surface area contributed by atoms with Gasteiger partial charge in [-0.2, -0.15) is 0 Å². The molecule has 1 aliphatic rings. The van der Waals surface area contributed by atoms with Gasteiger partial charge in [-0.05, 0) is 12.5 Å². The second-order valence-electron chi connectivity index (χ2n) is 4.02. The molecule has 0 radical (unpaired) electrons. The number of rotatable bonds is 3. The fourth-order valence-electron chi connectivity index (χ4n) is 1.85. The van der Waals surface area contributed by atoms with E-state index >= 15 is 0 Å². The first-order valence-electron chi connectivity index (χ1n) is 5.29. The molecule has 2 heterocycles. The van der Waals surface area contributed by atoms with Gasteiger partial charge in [-0.15, -0.1) is 0 Å². The summed E-state index contributed by atoms with van der Waals surface area (Å²) in [5.41, 5.74) is -0.204. The molecule has 1 unspecified atom stereocenters. The smallest absolute Gasteiger partial charge is 0.337 e. The first kappa shape index (κ1) is 11.4. The Bertz CT molecular complexity index is 520. The molecule has 6 heteroatoms. The van der Waals surface area contributed by atoms with Crippen molar-refractivity contribution in [3.05, 3.63) is 34.2 Å². The average Bonchev–Trinajstić information content (AvgIpc) is 2.67. The third-order valence-electron chi connectivity index (χ3n) is 2.73. The molecular weight excluding hydrogens is 224 g/mol. The second-order valence-corrected chi connectivity index (χ2v) is 4.02. The molecule has 0 spiro atoms. The lowest BCUT2D eigenvalue weighted by atomic mass is 10.2. The normalized spacial score (nSPS) is 19.1. The third kappa shape index (κ3) is 2.52. The molecular formula is C11H12N2O4. The van der Waals surface area contributed by atoms with Crippen LogP contribution in [0.4, 0.5) is 0 Å². The number of aromatic nitrogens is 1. The van der Waals surface area contributed by atoms with E-state index in [-0.39, 0.29) is 23.1 Å². The van der Waals surface area contributed by atoms with E-state index < -0.39 is 5.97 Å². The van der Waals surface area contributed by atoms with Crippen LogP contribution in [-0.4, -0.2) is 27.6 Å². The highest BCUT2D eigenvalue weighted by Crippen LogP contribution is 2.08. The molecule has 1 aromatic heterocycles. The van der Waals surface area contributed by atoms with Gasteiger partial charge in [0.05, 0.1) is 5.56 Å². The number of hydrogen-bond acceptors (Lipinski definition) is 3. The van der Waals surface area contributed by atoms with Crippen LogP contribution < -0.4 is 10.9 Å². The molecule has 0 aromatic carbocycles. The van der Waals surface area contributed by atoms with Crippen LogP contribution in [0.15, 0.2) is 23.1 Å². The molecule has 2 rings (SSSR count). The Kier molecular flexibility index (Phi) is 2.95. The van der Waals surface area contributed by atoms with E-state index in [0.29, 0.717) is 19.4 Å². The Hall–Kier alpha value is -2.11. The lowest BCUT2D eigenvalue weighted by Crippen LogP contribution is -2.33. The molecule has 1 aromatic rings. The molecule has 0 aliphatic carbocycles. The fraction of sp³-hybridized carbons (Fsp3) is 0.364. The number of nitrogens with one attached hydrogen (secondary N) is 1. The van der Waals surface area contributed by atoms with E-state index in [9.17, 15) is 14.4 Å². The quantitative estimate of drug-likeness (QED) is 0.762. The number of carboxylic acid groups (broad SMARTS) is 1. The molecule has 1 saturated heterocycles. The average molecular weight is 236 g/mol. The fourth-order valence-corrected chi connectivity index (χ4v) is 1.85. The Labute approximate surface area is 96.9 Å². The molecule has 1 atom stereocenters. The number of nitrogens with zero attached hydrogens (tertiary/aromatic N) is 1. The summed E-state index contributed by atoms with van der Waals surface area (Å²) >= 11 is 0. The van der Waals surface area contributed by atoms with E-state index in [0.717, 1.165) is 0 Å². The highest BCUT2D eigenvalue weighted by Gasteiger charge is 2.21. The van der Waals surface area contributed by atoms with Crippen molar-refractivity contribution in [3.63, 3.8) is 0 Å². The van der Waals surface area contributed by atoms with Crippen molar-refractivity contribution in [2.24, 2.45) is 0 Å². The Morgan fingerprint density at radius 2 is 2.24 bits per heavy atom. The van der Waals surface area contributed by atoms with Gasteiger partial charge in [0.2, 0.25) is 5.91 Å². The van der Waals surface area contributed by atoms with Gasteiger partial charge in [-0.1, -0.05) is 0 Å². The summed E-state index contributed by atoms with van der Waals surface area (Å²) in [6, 6.07) is 2.40. The van der Waals surface area contributed by atoms with E-state index in [2.05, 4.69) is 5.32 Å². The second kappa shape index (κ2) is 4.40. The van der Waals surface area contributed by atoms with Crippen LogP contribution >= 0.6 is 0 Å². The van der Waals surface area contributed by atoms with Crippen LogP contribution in [-0.2, 0) is 11.3 Å². The minimum Gasteiger partial charge on any atom is -0.478 e. The standard InChI is InChI=1S/C11H12N2O4/c14-9-3-2-8(12-9)6-13-5-7(11(16)17)1-4-10(13)15/h1,4-5,8H,2-3,6H2,(H,12,14)(H,16,17). The molecule has 0 saturated carbocycles. The van der Waals surface area contributed by atoms with Crippen LogP contribution in [0.3, 0.4) is 0 Å². The molecule has 0 bridgehead atoms. The Balaban J connectivity index is 2.20. The van der Waals surface area contributed by atoms with E-state index in [1.54, 1.807) is 0 Å². The van der Waals surface area contributed by atoms with Crippen molar-refractivity contribution >= 4 is 11.9 Å². The zero-order valence-corrected chi connectivity index (χ0v) is 9.05. The van der Waals surface area contributed by atoms with Crippen LogP contribution in [0.2, 0.25) is 0 Å². The summed E-state index contributed by atoms with van der Waals surface area (Å²) in [7, 11) is 0. The predicted molar refractivity (Wildman–Crippen MR) is 58.8 cm³/mol. The van der Waals surface area contributed by atoms with Crippen molar-refractivity contribution in [2.75, 3.05) is 0 Å². The summed E-state index contributed by atoms with van der Waals surface area (Å²) in [5, 5.41) is 11.6. The Morgan fingerprint density at radius 3 is 2.82 bits per heavy atom. The van der Waals surface area contributed by atoms with Gasteiger partial charge in [0.25, 0.3) is 5.56 Å². The zero-order chi connectivity index (χ0) is 12.4. The maximum absolute atomic E-state index is 11.5. The van der Waals surface area contributed by atoms with Gasteiger partial charge in [-0.3, -0.25) is 9.59 Å². The third-order valence-corrected chi connectivity index (χ3v) is 2.73. The maximum atomic E-state index is 11.5. The zero-order valence-electron chi connectivity index (χ0n) is 9.05. The van der Waals surface area contributed by atoms with Gasteiger partial charge >= 0.3 is 5.97 Å². The minimum atomic E-state index is -1.07. The predicted octanol–water partition coefficient (Wildman–Crippen LogP) is -0.175. The van der Waals surface area contributed by atoms with Crippen molar-refractivity contribution in [1.29, 1.82) is 0 Å². The van der Waals surface area contributed by atoms with E-state index in [1.807, 2.05) is 0 Å². The number of pyridine rings is 1. The SMILES string of the molecule is O=C1CCC(Cn2cc(C(=O)O)ccc2=O)N1.